The summed E-state index contributed by atoms with van der Waals surface area (Å²) in [5.74, 6) is 1.53. The monoisotopic (exact) mass is 691 g/mol. The van der Waals surface area contributed by atoms with Crippen molar-refractivity contribution >= 4 is 11.7 Å². The Hall–Kier alpha value is -7.10. The maximum Gasteiger partial charge on any atom is 0.159 e. The Bertz CT molecular complexity index is 2520. The molecule has 3 nitrogen and oxygen atoms in total. The molecule has 0 spiro atoms. The van der Waals surface area contributed by atoms with Gasteiger partial charge in [-0.3, -0.25) is 0 Å². The van der Waals surface area contributed by atoms with Crippen LogP contribution in [0.4, 0.5) is 0 Å². The topological polar surface area (TPSA) is 36.8 Å². The first-order chi connectivity index (χ1) is 26.7. The number of amidine groups is 2. The number of nitrogens with one attached hydrogen (secondary N) is 1. The van der Waals surface area contributed by atoms with E-state index in [1.165, 1.54) is 44.5 Å². The second kappa shape index (κ2) is 14.9. The number of aliphatic imine (C=N–C) groups is 2. The van der Waals surface area contributed by atoms with Crippen molar-refractivity contribution in [1.29, 1.82) is 0 Å². The van der Waals surface area contributed by atoms with Crippen LogP contribution in [-0.2, 0) is 0 Å². The summed E-state index contributed by atoms with van der Waals surface area (Å²) in [6.45, 7) is 0. The van der Waals surface area contributed by atoms with Gasteiger partial charge in [-0.05, 0) is 85.5 Å². The summed E-state index contributed by atoms with van der Waals surface area (Å²) in [4.78, 5) is 10.1. The smallest absolute Gasteiger partial charge is 0.159 e. The molecule has 0 fully saturated rings. The fourth-order valence-corrected chi connectivity index (χ4v) is 7.06. The Morgan fingerprint density at radius 3 is 1.15 bits per heavy atom. The fourth-order valence-electron chi connectivity index (χ4n) is 7.06. The average Bonchev–Trinajstić information content (AvgIpc) is 3.27. The van der Waals surface area contributed by atoms with Gasteiger partial charge in [0.25, 0.3) is 0 Å². The lowest BCUT2D eigenvalue weighted by molar-refractivity contribution is 0.674. The van der Waals surface area contributed by atoms with E-state index in [1.54, 1.807) is 0 Å². The van der Waals surface area contributed by atoms with Crippen molar-refractivity contribution in [3.63, 3.8) is 0 Å². The molecule has 0 aromatic heterocycles. The quantitative estimate of drug-likeness (QED) is 0.169. The van der Waals surface area contributed by atoms with Crippen molar-refractivity contribution in [3.05, 3.63) is 229 Å². The Balaban J connectivity index is 0.988. The molecule has 1 heterocycles. The van der Waals surface area contributed by atoms with Crippen LogP contribution < -0.4 is 5.32 Å². The number of rotatable bonds is 8. The Morgan fingerprint density at radius 1 is 0.296 bits per heavy atom. The molecule has 8 aromatic carbocycles. The van der Waals surface area contributed by atoms with Gasteiger partial charge in [0.15, 0.2) is 5.84 Å². The standard InChI is InChI=1S/C51H37N3/c1-5-14-36(15-6-1)46-33-47(37-16-7-2-8-17-37)35-48(34-46)41-30-26-39(27-31-41)38-24-28-40(29-25-38)44-22-13-23-45(32-44)51-53-49(42-18-9-3-10-19-42)52-50(54-51)43-20-11-4-12-21-43/h1-35,49H,(H,52,53,54). The van der Waals surface area contributed by atoms with Gasteiger partial charge in [-0.1, -0.05) is 188 Å². The maximum atomic E-state index is 5.07. The molecule has 3 heteroatoms. The lowest BCUT2D eigenvalue weighted by Gasteiger charge is -2.23. The molecule has 1 aliphatic heterocycles. The zero-order valence-corrected chi connectivity index (χ0v) is 29.7. The summed E-state index contributed by atoms with van der Waals surface area (Å²) in [5.41, 5.74) is 15.0. The van der Waals surface area contributed by atoms with E-state index in [4.69, 9.17) is 9.98 Å². The minimum Gasteiger partial charge on any atom is -0.344 e. The Morgan fingerprint density at radius 2 is 0.648 bits per heavy atom. The van der Waals surface area contributed by atoms with Crippen molar-refractivity contribution in [3.8, 4) is 55.6 Å². The molecule has 0 bridgehead atoms. The van der Waals surface area contributed by atoms with E-state index in [2.05, 4.69) is 181 Å². The highest BCUT2D eigenvalue weighted by Crippen LogP contribution is 2.34. The molecule has 0 amide bonds. The lowest BCUT2D eigenvalue weighted by atomic mass is 9.92. The third kappa shape index (κ3) is 7.04. The largest absolute Gasteiger partial charge is 0.344 e. The van der Waals surface area contributed by atoms with Gasteiger partial charge in [0, 0.05) is 11.1 Å². The molecule has 0 radical (unpaired) electrons. The van der Waals surface area contributed by atoms with E-state index >= 15 is 0 Å². The predicted octanol–water partition coefficient (Wildman–Crippen LogP) is 12.5. The number of hydrogen-bond donors (Lipinski definition) is 1. The second-order valence-electron chi connectivity index (χ2n) is 13.5. The summed E-state index contributed by atoms with van der Waals surface area (Å²) < 4.78 is 0. The van der Waals surface area contributed by atoms with Crippen molar-refractivity contribution in [1.82, 2.24) is 5.32 Å². The van der Waals surface area contributed by atoms with Gasteiger partial charge >= 0.3 is 0 Å². The molecule has 0 aliphatic carbocycles. The van der Waals surface area contributed by atoms with Crippen LogP contribution in [0.15, 0.2) is 222 Å². The van der Waals surface area contributed by atoms with Crippen molar-refractivity contribution in [2.45, 2.75) is 6.17 Å². The van der Waals surface area contributed by atoms with Crippen LogP contribution in [0.1, 0.15) is 22.9 Å². The maximum absolute atomic E-state index is 5.07. The van der Waals surface area contributed by atoms with Crippen molar-refractivity contribution in [2.24, 2.45) is 9.98 Å². The van der Waals surface area contributed by atoms with Crippen LogP contribution in [0.3, 0.4) is 0 Å². The SMILES string of the molecule is c1ccc(C2=NC(c3cccc(-c4ccc(-c5ccc(-c6cc(-c7ccccc7)cc(-c7ccccc7)c6)cc5)cc4)c3)=NC(c3ccccc3)N2)cc1. The molecule has 1 aliphatic rings. The molecule has 0 saturated heterocycles. The molecule has 256 valence electrons. The van der Waals surface area contributed by atoms with Crippen LogP contribution in [0.25, 0.3) is 55.6 Å². The van der Waals surface area contributed by atoms with E-state index < -0.39 is 0 Å². The normalized spacial score (nSPS) is 13.7. The summed E-state index contributed by atoms with van der Waals surface area (Å²) in [7, 11) is 0. The molecule has 1 atom stereocenters. The molecular formula is C51H37N3. The first-order valence-electron chi connectivity index (χ1n) is 18.3. The van der Waals surface area contributed by atoms with Crippen molar-refractivity contribution < 1.29 is 0 Å². The molecule has 0 saturated carbocycles. The van der Waals surface area contributed by atoms with Gasteiger partial charge in [0.2, 0.25) is 0 Å². The van der Waals surface area contributed by atoms with Gasteiger partial charge in [-0.2, -0.15) is 0 Å². The average molecular weight is 692 g/mol. The molecule has 8 aromatic rings. The van der Waals surface area contributed by atoms with Gasteiger partial charge in [0.1, 0.15) is 12.0 Å². The van der Waals surface area contributed by atoms with Crippen LogP contribution in [-0.4, -0.2) is 11.7 Å². The summed E-state index contributed by atoms with van der Waals surface area (Å²) >= 11 is 0. The first-order valence-corrected chi connectivity index (χ1v) is 18.3. The fraction of sp³-hybridized carbons (Fsp3) is 0.0196. The Kier molecular flexibility index (Phi) is 9.02. The van der Waals surface area contributed by atoms with Crippen LogP contribution >= 0.6 is 0 Å². The zero-order chi connectivity index (χ0) is 36.1. The van der Waals surface area contributed by atoms with Gasteiger partial charge in [0.05, 0.1) is 0 Å². The van der Waals surface area contributed by atoms with E-state index in [0.717, 1.165) is 33.7 Å². The molecular weight excluding hydrogens is 655 g/mol. The van der Waals surface area contributed by atoms with Gasteiger partial charge < -0.3 is 5.32 Å². The molecule has 1 unspecified atom stereocenters. The van der Waals surface area contributed by atoms with Gasteiger partial charge in [-0.15, -0.1) is 0 Å². The van der Waals surface area contributed by atoms with E-state index in [-0.39, 0.29) is 6.17 Å². The highest BCUT2D eigenvalue weighted by molar-refractivity contribution is 6.13. The number of nitrogens with zero attached hydrogens (tertiary/aromatic N) is 2. The van der Waals surface area contributed by atoms with Crippen LogP contribution in [0.5, 0.6) is 0 Å². The summed E-state index contributed by atoms with van der Waals surface area (Å²) in [5, 5.41) is 3.55. The highest BCUT2D eigenvalue weighted by atomic mass is 15.2. The minimum absolute atomic E-state index is 0.234. The second-order valence-corrected chi connectivity index (χ2v) is 13.5. The number of hydrogen-bond acceptors (Lipinski definition) is 3. The minimum atomic E-state index is -0.234. The van der Waals surface area contributed by atoms with E-state index in [9.17, 15) is 0 Å². The zero-order valence-electron chi connectivity index (χ0n) is 29.7. The predicted molar refractivity (Wildman–Crippen MR) is 225 cm³/mol. The first kappa shape index (κ1) is 32.8. The van der Waals surface area contributed by atoms with Crippen LogP contribution in [0.2, 0.25) is 0 Å². The number of benzene rings is 8. The van der Waals surface area contributed by atoms with Crippen molar-refractivity contribution in [2.75, 3.05) is 0 Å². The Labute approximate surface area is 316 Å². The lowest BCUT2D eigenvalue weighted by Crippen LogP contribution is -2.33. The molecule has 1 N–H and O–H groups in total. The van der Waals surface area contributed by atoms with Gasteiger partial charge in [-0.25, -0.2) is 9.98 Å². The molecule has 9 rings (SSSR count). The third-order valence-electron chi connectivity index (χ3n) is 9.94. The summed E-state index contributed by atoms with van der Waals surface area (Å²) in [6, 6.07) is 74.9. The molecule has 54 heavy (non-hydrogen) atoms. The van der Waals surface area contributed by atoms with Crippen LogP contribution in [0, 0.1) is 0 Å². The third-order valence-corrected chi connectivity index (χ3v) is 9.94. The van der Waals surface area contributed by atoms with E-state index in [0.29, 0.717) is 5.84 Å². The van der Waals surface area contributed by atoms with E-state index in [1.807, 2.05) is 36.4 Å². The highest BCUT2D eigenvalue weighted by Gasteiger charge is 2.21. The summed E-state index contributed by atoms with van der Waals surface area (Å²) in [6.07, 6.45) is -0.234.